The molecule has 2 aliphatic carbocycles. The van der Waals surface area contributed by atoms with Crippen LogP contribution in [0, 0.1) is 11.8 Å². The number of rotatable bonds is 2. The van der Waals surface area contributed by atoms with E-state index >= 15 is 0 Å². The summed E-state index contributed by atoms with van der Waals surface area (Å²) < 4.78 is 0. The highest BCUT2D eigenvalue weighted by molar-refractivity contribution is 5.24. The van der Waals surface area contributed by atoms with Gasteiger partial charge in [0.2, 0.25) is 0 Å². The second kappa shape index (κ2) is 7.01. The zero-order chi connectivity index (χ0) is 13.7. The Bertz CT molecular complexity index is 312. The molecule has 18 heavy (non-hydrogen) atoms. The van der Waals surface area contributed by atoms with Gasteiger partial charge in [0.1, 0.15) is 0 Å². The molecule has 1 heteroatoms. The van der Waals surface area contributed by atoms with Gasteiger partial charge in [0.15, 0.2) is 0 Å². The Morgan fingerprint density at radius 2 is 1.56 bits per heavy atom. The van der Waals surface area contributed by atoms with Crippen LogP contribution < -0.4 is 0 Å². The standard InChI is InChI=1S/C15H25N.C2H6/c1-11-9-13-7-5-6-8-14(13)10-15(11)12(2)16(3)4;1-2/h11,15H,2,5-10H2,1,3-4H3;1-2H3. The summed E-state index contributed by atoms with van der Waals surface area (Å²) in [4.78, 5) is 2.20. The molecule has 2 aliphatic rings. The quantitative estimate of drug-likeness (QED) is 0.622. The molecular weight excluding hydrogens is 218 g/mol. The summed E-state index contributed by atoms with van der Waals surface area (Å²) in [6.45, 7) is 10.7. The molecule has 0 N–H and O–H groups in total. The third-order valence-corrected chi connectivity index (χ3v) is 4.43. The third kappa shape index (κ3) is 3.40. The molecule has 1 nitrogen and oxygen atoms in total. The largest absolute Gasteiger partial charge is 0.381 e. The van der Waals surface area contributed by atoms with Gasteiger partial charge in [-0.15, -0.1) is 0 Å². The van der Waals surface area contributed by atoms with Gasteiger partial charge in [0.25, 0.3) is 0 Å². The average molecular weight is 249 g/mol. The van der Waals surface area contributed by atoms with Gasteiger partial charge in [0.05, 0.1) is 0 Å². The van der Waals surface area contributed by atoms with Crippen LogP contribution in [0.4, 0.5) is 0 Å². The highest BCUT2D eigenvalue weighted by Gasteiger charge is 2.30. The molecule has 2 atom stereocenters. The van der Waals surface area contributed by atoms with Crippen molar-refractivity contribution in [2.75, 3.05) is 14.1 Å². The Morgan fingerprint density at radius 3 is 2.06 bits per heavy atom. The van der Waals surface area contributed by atoms with Gasteiger partial charge in [-0.3, -0.25) is 0 Å². The maximum Gasteiger partial charge on any atom is 0.00920 e. The maximum atomic E-state index is 4.27. The van der Waals surface area contributed by atoms with Crippen LogP contribution in [0.25, 0.3) is 0 Å². The van der Waals surface area contributed by atoms with E-state index in [1.54, 1.807) is 11.1 Å². The smallest absolute Gasteiger partial charge is 0.00920 e. The van der Waals surface area contributed by atoms with Crippen molar-refractivity contribution >= 4 is 0 Å². The summed E-state index contributed by atoms with van der Waals surface area (Å²) in [7, 11) is 4.25. The van der Waals surface area contributed by atoms with Gasteiger partial charge >= 0.3 is 0 Å². The predicted octanol–water partition coefficient (Wildman–Crippen LogP) is 5.00. The van der Waals surface area contributed by atoms with Crippen LogP contribution in [-0.4, -0.2) is 19.0 Å². The van der Waals surface area contributed by atoms with Crippen LogP contribution in [0.15, 0.2) is 23.4 Å². The third-order valence-electron chi connectivity index (χ3n) is 4.43. The minimum absolute atomic E-state index is 0.687. The number of allylic oxidation sites excluding steroid dienone is 3. The first-order valence-electron chi connectivity index (χ1n) is 7.65. The highest BCUT2D eigenvalue weighted by atomic mass is 15.1. The van der Waals surface area contributed by atoms with Gasteiger partial charge in [-0.25, -0.2) is 0 Å². The van der Waals surface area contributed by atoms with Crippen LogP contribution in [0.3, 0.4) is 0 Å². The van der Waals surface area contributed by atoms with Crippen molar-refractivity contribution in [2.24, 2.45) is 11.8 Å². The summed E-state index contributed by atoms with van der Waals surface area (Å²) in [5, 5.41) is 0. The second-order valence-corrected chi connectivity index (χ2v) is 5.79. The predicted molar refractivity (Wildman–Crippen MR) is 81.6 cm³/mol. The van der Waals surface area contributed by atoms with Crippen molar-refractivity contribution in [1.29, 1.82) is 0 Å². The van der Waals surface area contributed by atoms with E-state index in [9.17, 15) is 0 Å². The summed E-state index contributed by atoms with van der Waals surface area (Å²) >= 11 is 0. The van der Waals surface area contributed by atoms with Gasteiger partial charge in [0, 0.05) is 25.7 Å². The lowest BCUT2D eigenvalue weighted by atomic mass is 9.71. The highest BCUT2D eigenvalue weighted by Crippen LogP contribution is 2.43. The lowest BCUT2D eigenvalue weighted by molar-refractivity contribution is 0.299. The van der Waals surface area contributed by atoms with E-state index in [1.165, 1.54) is 44.2 Å². The molecular formula is C17H31N. The van der Waals surface area contributed by atoms with E-state index in [0.717, 1.165) is 5.92 Å². The Labute approximate surface area is 114 Å². The van der Waals surface area contributed by atoms with Gasteiger partial charge in [-0.05, 0) is 44.4 Å². The van der Waals surface area contributed by atoms with Gasteiger partial charge in [-0.2, -0.15) is 0 Å². The molecule has 2 rings (SSSR count). The molecule has 0 heterocycles. The van der Waals surface area contributed by atoms with Crippen molar-refractivity contribution < 1.29 is 0 Å². The van der Waals surface area contributed by atoms with Crippen molar-refractivity contribution in [3.8, 4) is 0 Å². The molecule has 0 spiro atoms. The van der Waals surface area contributed by atoms with E-state index in [1.807, 2.05) is 13.8 Å². The molecule has 0 radical (unpaired) electrons. The van der Waals surface area contributed by atoms with Crippen molar-refractivity contribution in [1.82, 2.24) is 4.90 Å². The fourth-order valence-electron chi connectivity index (χ4n) is 3.30. The molecule has 0 aromatic rings. The lowest BCUT2D eigenvalue weighted by Gasteiger charge is -2.38. The molecule has 2 unspecified atom stereocenters. The zero-order valence-electron chi connectivity index (χ0n) is 13.1. The van der Waals surface area contributed by atoms with E-state index in [0.29, 0.717) is 5.92 Å². The van der Waals surface area contributed by atoms with E-state index in [-0.39, 0.29) is 0 Å². The summed E-state index contributed by atoms with van der Waals surface area (Å²) in [5.41, 5.74) is 4.89. The number of hydrogen-bond donors (Lipinski definition) is 0. The Balaban J connectivity index is 0.000000771. The molecule has 0 amide bonds. The topological polar surface area (TPSA) is 3.24 Å². The van der Waals surface area contributed by atoms with Crippen molar-refractivity contribution in [3.63, 3.8) is 0 Å². The second-order valence-electron chi connectivity index (χ2n) is 5.79. The molecule has 0 fully saturated rings. The molecule has 0 aromatic heterocycles. The maximum absolute atomic E-state index is 4.27. The Morgan fingerprint density at radius 1 is 1.06 bits per heavy atom. The van der Waals surface area contributed by atoms with Crippen molar-refractivity contribution in [3.05, 3.63) is 23.4 Å². The summed E-state index contributed by atoms with van der Waals surface area (Å²) in [6.07, 6.45) is 8.18. The molecule has 0 aliphatic heterocycles. The number of nitrogens with zero attached hydrogens (tertiary/aromatic N) is 1. The summed E-state index contributed by atoms with van der Waals surface area (Å²) in [6, 6.07) is 0. The molecule has 104 valence electrons. The normalized spacial score (nSPS) is 26.9. The van der Waals surface area contributed by atoms with Crippen LogP contribution in [-0.2, 0) is 0 Å². The van der Waals surface area contributed by atoms with Gasteiger partial charge in [-0.1, -0.05) is 38.5 Å². The first kappa shape index (κ1) is 15.3. The van der Waals surface area contributed by atoms with E-state index in [4.69, 9.17) is 0 Å². The minimum atomic E-state index is 0.687. The van der Waals surface area contributed by atoms with Crippen LogP contribution >= 0.6 is 0 Å². The first-order valence-corrected chi connectivity index (χ1v) is 7.65. The summed E-state index contributed by atoms with van der Waals surface area (Å²) in [5.74, 6) is 1.47. The Kier molecular flexibility index (Phi) is 5.98. The van der Waals surface area contributed by atoms with Crippen LogP contribution in [0.2, 0.25) is 0 Å². The van der Waals surface area contributed by atoms with Gasteiger partial charge < -0.3 is 4.90 Å². The first-order chi connectivity index (χ1) is 8.59. The van der Waals surface area contributed by atoms with E-state index in [2.05, 4.69) is 32.5 Å². The monoisotopic (exact) mass is 249 g/mol. The average Bonchev–Trinajstić information content (AvgIpc) is 2.39. The van der Waals surface area contributed by atoms with Crippen LogP contribution in [0.5, 0.6) is 0 Å². The van der Waals surface area contributed by atoms with Crippen LogP contribution in [0.1, 0.15) is 59.3 Å². The van der Waals surface area contributed by atoms with Crippen molar-refractivity contribution in [2.45, 2.75) is 59.3 Å². The lowest BCUT2D eigenvalue weighted by Crippen LogP contribution is -2.28. The molecule has 0 bridgehead atoms. The fourth-order valence-corrected chi connectivity index (χ4v) is 3.30. The zero-order valence-corrected chi connectivity index (χ0v) is 13.1. The fraction of sp³-hybridized carbons (Fsp3) is 0.765. The molecule has 0 saturated carbocycles. The molecule has 0 saturated heterocycles. The molecule has 0 aromatic carbocycles. The Hall–Kier alpha value is -0.720. The van der Waals surface area contributed by atoms with E-state index < -0.39 is 0 Å². The number of hydrogen-bond acceptors (Lipinski definition) is 1. The minimum Gasteiger partial charge on any atom is -0.381 e. The SMILES string of the molecule is C=C(C1CC2=C(CCCC2)CC1C)N(C)C.CC.